The van der Waals surface area contributed by atoms with Crippen LogP contribution < -0.4 is 5.32 Å². The van der Waals surface area contributed by atoms with Gasteiger partial charge in [0.2, 0.25) is 0 Å². The first-order valence-electron chi connectivity index (χ1n) is 11.0. The Morgan fingerprint density at radius 1 is 0.886 bits per heavy atom. The van der Waals surface area contributed by atoms with E-state index in [9.17, 15) is 33.8 Å². The number of benzene rings is 2. The number of esters is 2. The summed E-state index contributed by atoms with van der Waals surface area (Å²) in [5, 5.41) is 9.71. The molecule has 0 saturated carbocycles. The first kappa shape index (κ1) is 28.2. The molecule has 11 heteroatoms. The van der Waals surface area contributed by atoms with E-state index in [4.69, 9.17) is 9.47 Å². The van der Waals surface area contributed by atoms with E-state index in [0.29, 0.717) is 5.56 Å². The predicted octanol–water partition coefficient (Wildman–Crippen LogP) is 2.72. The lowest BCUT2D eigenvalue weighted by atomic mass is 9.99. The summed E-state index contributed by atoms with van der Waals surface area (Å²) in [6.45, 7) is 2.89. The van der Waals surface area contributed by atoms with E-state index in [1.165, 1.54) is 13.8 Å². The molecule has 2 aromatic rings. The molecule has 0 heterocycles. The monoisotopic (exact) mass is 507 g/mol. The van der Waals surface area contributed by atoms with Crippen LogP contribution >= 0.6 is 7.60 Å². The Bertz CT molecular complexity index is 1030. The Morgan fingerprint density at radius 3 is 1.80 bits per heavy atom. The van der Waals surface area contributed by atoms with Crippen molar-refractivity contribution in [2.24, 2.45) is 0 Å². The van der Waals surface area contributed by atoms with Gasteiger partial charge in [-0.15, -0.1) is 0 Å². The maximum Gasteiger partial charge on any atom is 0.346 e. The minimum Gasteiger partial charge on any atom is -0.480 e. The van der Waals surface area contributed by atoms with Crippen molar-refractivity contribution in [3.05, 3.63) is 60.2 Å². The molecule has 10 nitrogen and oxygen atoms in total. The minimum absolute atomic E-state index is 0.0639. The first-order chi connectivity index (χ1) is 16.5. The molecular weight excluding hydrogens is 477 g/mol. The number of carbonyl (C=O) groups is 3. The Kier molecular flexibility index (Phi) is 10.2. The fourth-order valence-corrected chi connectivity index (χ4v) is 4.57. The molecule has 0 spiro atoms. The second-order valence-electron chi connectivity index (χ2n) is 7.84. The summed E-state index contributed by atoms with van der Waals surface area (Å²) in [7, 11) is -5.28. The zero-order valence-electron chi connectivity index (χ0n) is 19.5. The molecular formula is C24H30NO9P. The lowest BCUT2D eigenvalue weighted by Crippen LogP contribution is -2.56. The van der Waals surface area contributed by atoms with Crippen LogP contribution in [0.25, 0.3) is 11.1 Å². The van der Waals surface area contributed by atoms with Gasteiger partial charge < -0.3 is 24.4 Å². The van der Waals surface area contributed by atoms with Gasteiger partial charge in [0.1, 0.15) is 11.3 Å². The zero-order valence-corrected chi connectivity index (χ0v) is 20.4. The number of aliphatic carboxylic acids is 1. The largest absolute Gasteiger partial charge is 0.480 e. The first-order valence-corrected chi connectivity index (χ1v) is 12.6. The predicted molar refractivity (Wildman–Crippen MR) is 127 cm³/mol. The summed E-state index contributed by atoms with van der Waals surface area (Å²) >= 11 is 0. The van der Waals surface area contributed by atoms with Gasteiger partial charge in [0.05, 0.1) is 26.1 Å². The zero-order chi connectivity index (χ0) is 26.1. The molecule has 0 radical (unpaired) electrons. The number of hydrogen-bond donors (Lipinski definition) is 4. The van der Waals surface area contributed by atoms with Crippen molar-refractivity contribution < 1.29 is 43.3 Å². The molecule has 0 aliphatic rings. The van der Waals surface area contributed by atoms with Crippen molar-refractivity contribution in [2.75, 3.05) is 13.2 Å². The van der Waals surface area contributed by atoms with Gasteiger partial charge in [-0.3, -0.25) is 24.3 Å². The molecule has 2 aromatic carbocycles. The Hall–Kier alpha value is -3.04. The normalized spacial score (nSPS) is 12.6. The number of carboxylic acid groups (broad SMARTS) is 1. The quantitative estimate of drug-likeness (QED) is 0.234. The summed E-state index contributed by atoms with van der Waals surface area (Å²) < 4.78 is 22.2. The molecule has 0 bridgehead atoms. The fourth-order valence-electron chi connectivity index (χ4n) is 3.58. The summed E-state index contributed by atoms with van der Waals surface area (Å²) in [6.07, 6.45) is -2.03. The number of carbonyl (C=O) groups excluding carboxylic acids is 2. The molecule has 35 heavy (non-hydrogen) atoms. The molecule has 1 atom stereocenters. The number of ether oxygens (including phenoxy) is 2. The van der Waals surface area contributed by atoms with Crippen LogP contribution in [0.3, 0.4) is 0 Å². The summed E-state index contributed by atoms with van der Waals surface area (Å²) in [5.41, 5.74) is 2.44. The topological polar surface area (TPSA) is 159 Å². The third-order valence-electron chi connectivity index (χ3n) is 5.28. The van der Waals surface area contributed by atoms with E-state index < -0.39 is 49.7 Å². The van der Waals surface area contributed by atoms with Crippen LogP contribution in [0.4, 0.5) is 0 Å². The van der Waals surface area contributed by atoms with Crippen molar-refractivity contribution in [1.29, 1.82) is 0 Å². The Balaban J connectivity index is 2.37. The van der Waals surface area contributed by atoms with Crippen molar-refractivity contribution in [3.63, 3.8) is 0 Å². The van der Waals surface area contributed by atoms with Crippen LogP contribution in [0.5, 0.6) is 0 Å². The van der Waals surface area contributed by atoms with Crippen molar-refractivity contribution in [2.45, 2.75) is 44.4 Å². The summed E-state index contributed by atoms with van der Waals surface area (Å²) in [5.74, 6) is -3.41. The molecule has 0 fully saturated rings. The van der Waals surface area contributed by atoms with Gasteiger partial charge in [-0.25, -0.2) is 0 Å². The van der Waals surface area contributed by atoms with E-state index in [-0.39, 0.29) is 19.6 Å². The summed E-state index contributed by atoms with van der Waals surface area (Å²) in [6, 6.07) is 15.0. The van der Waals surface area contributed by atoms with Gasteiger partial charge in [-0.05, 0) is 37.0 Å². The van der Waals surface area contributed by atoms with Gasteiger partial charge >= 0.3 is 25.5 Å². The lowest BCUT2D eigenvalue weighted by molar-refractivity contribution is -0.149. The molecule has 2 rings (SSSR count). The van der Waals surface area contributed by atoms with Crippen LogP contribution in [0, 0.1) is 0 Å². The maximum absolute atomic E-state index is 12.6. The molecule has 190 valence electrons. The number of rotatable bonds is 13. The Morgan fingerprint density at radius 2 is 1.37 bits per heavy atom. The fraction of sp³-hybridized carbons (Fsp3) is 0.375. The van der Waals surface area contributed by atoms with E-state index in [1.54, 1.807) is 24.3 Å². The lowest BCUT2D eigenvalue weighted by Gasteiger charge is -2.36. The van der Waals surface area contributed by atoms with Crippen LogP contribution in [0.15, 0.2) is 54.6 Å². The van der Waals surface area contributed by atoms with Gasteiger partial charge in [-0.2, -0.15) is 0 Å². The third-order valence-corrected chi connectivity index (χ3v) is 6.84. The number of hydrogen-bond acceptors (Lipinski definition) is 7. The van der Waals surface area contributed by atoms with E-state index in [0.717, 1.165) is 11.1 Å². The number of nitrogens with one attached hydrogen (secondary N) is 1. The van der Waals surface area contributed by atoms with Crippen LogP contribution in [-0.2, 0) is 34.8 Å². The molecule has 1 unspecified atom stereocenters. The highest BCUT2D eigenvalue weighted by Gasteiger charge is 2.52. The molecule has 0 amide bonds. The van der Waals surface area contributed by atoms with Gasteiger partial charge in [0.25, 0.3) is 0 Å². The van der Waals surface area contributed by atoms with Crippen molar-refractivity contribution in [1.82, 2.24) is 5.32 Å². The number of carboxylic acids is 1. The smallest absolute Gasteiger partial charge is 0.346 e. The molecule has 0 saturated heterocycles. The Labute approximate surface area is 203 Å². The van der Waals surface area contributed by atoms with Crippen LogP contribution in [0.1, 0.15) is 32.3 Å². The standard InChI is InChI=1S/C24H30NO9P/c1-3-33-21(26)15-24(35(30,31)32,16-22(27)34-4-2)25-20(23(28)29)14-17-10-12-19(13-11-17)18-8-6-5-7-9-18/h5-13,20,25H,3-4,14-16H2,1-2H3,(H,28,29)(H2,30,31,32). The molecule has 0 aromatic heterocycles. The van der Waals surface area contributed by atoms with Gasteiger partial charge in [-0.1, -0.05) is 54.6 Å². The van der Waals surface area contributed by atoms with Crippen molar-refractivity contribution in [3.8, 4) is 11.1 Å². The van der Waals surface area contributed by atoms with Crippen molar-refractivity contribution >= 4 is 25.5 Å². The molecule has 0 aliphatic carbocycles. The third kappa shape index (κ3) is 8.00. The summed E-state index contributed by atoms with van der Waals surface area (Å²) in [4.78, 5) is 56.8. The average molecular weight is 507 g/mol. The van der Waals surface area contributed by atoms with E-state index >= 15 is 0 Å². The average Bonchev–Trinajstić information content (AvgIpc) is 2.79. The van der Waals surface area contributed by atoms with Gasteiger partial charge in [0.15, 0.2) is 0 Å². The maximum atomic E-state index is 12.6. The highest BCUT2D eigenvalue weighted by molar-refractivity contribution is 7.53. The van der Waals surface area contributed by atoms with Crippen LogP contribution in [0.2, 0.25) is 0 Å². The van der Waals surface area contributed by atoms with Crippen LogP contribution in [-0.4, -0.2) is 57.3 Å². The van der Waals surface area contributed by atoms with E-state index in [1.807, 2.05) is 30.3 Å². The highest BCUT2D eigenvalue weighted by Crippen LogP contribution is 2.53. The van der Waals surface area contributed by atoms with Gasteiger partial charge in [0, 0.05) is 0 Å². The molecule has 4 N–H and O–H groups in total. The second kappa shape index (κ2) is 12.6. The highest BCUT2D eigenvalue weighted by atomic mass is 31.2. The van der Waals surface area contributed by atoms with E-state index in [2.05, 4.69) is 5.32 Å². The molecule has 0 aliphatic heterocycles. The minimum atomic E-state index is -5.28. The SMILES string of the molecule is CCOC(=O)CC(CC(=O)OCC)(NC(Cc1ccc(-c2ccccc2)cc1)C(=O)O)P(=O)(O)O. The second-order valence-corrected chi connectivity index (χ2v) is 9.79.